The van der Waals surface area contributed by atoms with E-state index in [0.717, 1.165) is 28.1 Å². The average Bonchev–Trinajstić information content (AvgIpc) is 3.21. The van der Waals surface area contributed by atoms with Gasteiger partial charge in [0.15, 0.2) is 11.0 Å². The molecule has 0 unspecified atom stereocenters. The van der Waals surface area contributed by atoms with Gasteiger partial charge in [-0.15, -0.1) is 10.2 Å². The maximum absolute atomic E-state index is 14.8. The van der Waals surface area contributed by atoms with Crippen molar-refractivity contribution in [1.82, 2.24) is 14.8 Å². The van der Waals surface area contributed by atoms with Gasteiger partial charge in [0, 0.05) is 28.8 Å². The predicted octanol–water partition coefficient (Wildman–Crippen LogP) is 5.92. The molecule has 0 aliphatic carbocycles. The third kappa shape index (κ3) is 4.17. The van der Waals surface area contributed by atoms with E-state index in [9.17, 15) is 13.6 Å². The lowest BCUT2D eigenvalue weighted by atomic mass is 10.1. The van der Waals surface area contributed by atoms with Crippen molar-refractivity contribution in [2.24, 2.45) is 0 Å². The van der Waals surface area contributed by atoms with E-state index < -0.39 is 17.3 Å². The molecule has 0 spiro atoms. The number of fused-ring (bicyclic) bond motifs is 1. The van der Waals surface area contributed by atoms with Crippen molar-refractivity contribution in [2.45, 2.75) is 17.8 Å². The van der Waals surface area contributed by atoms with Crippen molar-refractivity contribution in [3.05, 3.63) is 106 Å². The van der Waals surface area contributed by atoms with E-state index in [1.54, 1.807) is 4.57 Å². The summed E-state index contributed by atoms with van der Waals surface area (Å²) in [4.78, 5) is 12.1. The number of nitrogens with zero attached hydrogens (tertiary/aromatic N) is 3. The first-order chi connectivity index (χ1) is 16.0. The van der Waals surface area contributed by atoms with Gasteiger partial charge in [0.05, 0.1) is 5.69 Å². The Bertz CT molecular complexity index is 1530. The van der Waals surface area contributed by atoms with Crippen molar-refractivity contribution in [1.29, 1.82) is 0 Å². The third-order valence-corrected chi connectivity index (χ3v) is 6.14. The molecule has 0 atom stereocenters. The van der Waals surface area contributed by atoms with Crippen LogP contribution in [-0.2, 0) is 5.75 Å². The topological polar surface area (TPSA) is 60.9 Å². The molecule has 0 fully saturated rings. The lowest BCUT2D eigenvalue weighted by Crippen LogP contribution is -2.04. The second-order valence-electron chi connectivity index (χ2n) is 7.48. The highest BCUT2D eigenvalue weighted by Gasteiger charge is 2.20. The van der Waals surface area contributed by atoms with Crippen LogP contribution in [0.5, 0.6) is 0 Å². The fourth-order valence-corrected chi connectivity index (χ4v) is 4.55. The highest BCUT2D eigenvalue weighted by Crippen LogP contribution is 2.32. The third-order valence-electron chi connectivity index (χ3n) is 5.16. The fraction of sp³-hybridized carbons (Fsp3) is 0.0800. The molecule has 0 N–H and O–H groups in total. The average molecular weight is 461 g/mol. The van der Waals surface area contributed by atoms with Crippen LogP contribution in [0.25, 0.3) is 28.0 Å². The molecule has 5 nitrogen and oxygen atoms in total. The van der Waals surface area contributed by atoms with Gasteiger partial charge in [-0.05, 0) is 36.2 Å². The summed E-state index contributed by atoms with van der Waals surface area (Å²) in [5, 5.41) is 9.78. The van der Waals surface area contributed by atoms with Crippen LogP contribution in [0.15, 0.2) is 87.2 Å². The maximum Gasteiger partial charge on any atom is 0.336 e. The highest BCUT2D eigenvalue weighted by atomic mass is 32.2. The predicted molar refractivity (Wildman–Crippen MR) is 123 cm³/mol. The van der Waals surface area contributed by atoms with E-state index in [1.807, 2.05) is 55.5 Å². The Labute approximate surface area is 191 Å². The van der Waals surface area contributed by atoms with Crippen LogP contribution in [0.3, 0.4) is 0 Å². The number of hydrogen-bond donors (Lipinski definition) is 0. The van der Waals surface area contributed by atoms with Gasteiger partial charge in [0.2, 0.25) is 0 Å². The summed E-state index contributed by atoms with van der Waals surface area (Å²) < 4.78 is 35.2. The first-order valence-electron chi connectivity index (χ1n) is 10.1. The minimum Gasteiger partial charge on any atom is -0.423 e. The SMILES string of the molecule is Cc1ccc2c(CSc3nnc(-c4ccccc4)n3-c3ccc(F)cc3F)cc(=O)oc2c1. The van der Waals surface area contributed by atoms with Gasteiger partial charge >= 0.3 is 5.63 Å². The summed E-state index contributed by atoms with van der Waals surface area (Å²) in [5.41, 5.74) is 2.68. The molecule has 0 aliphatic heterocycles. The van der Waals surface area contributed by atoms with Crippen molar-refractivity contribution >= 4 is 22.7 Å². The quantitative estimate of drug-likeness (QED) is 0.240. The lowest BCUT2D eigenvalue weighted by Gasteiger charge is -2.12. The van der Waals surface area contributed by atoms with Crippen LogP contribution in [0.1, 0.15) is 11.1 Å². The number of aryl methyl sites for hydroxylation is 1. The van der Waals surface area contributed by atoms with Crippen LogP contribution in [0.2, 0.25) is 0 Å². The molecule has 5 aromatic rings. The highest BCUT2D eigenvalue weighted by molar-refractivity contribution is 7.98. The molecule has 0 bridgehead atoms. The molecule has 2 aromatic heterocycles. The minimum absolute atomic E-state index is 0.135. The van der Waals surface area contributed by atoms with Crippen LogP contribution < -0.4 is 5.63 Å². The van der Waals surface area contributed by atoms with Gasteiger partial charge in [0.25, 0.3) is 0 Å². The van der Waals surface area contributed by atoms with Gasteiger partial charge in [-0.25, -0.2) is 13.6 Å². The number of halogens is 2. The molecule has 5 rings (SSSR count). The number of rotatable bonds is 5. The number of benzene rings is 3. The normalized spacial score (nSPS) is 11.2. The molecular weight excluding hydrogens is 444 g/mol. The summed E-state index contributed by atoms with van der Waals surface area (Å²) in [5.74, 6) is -0.592. The zero-order valence-corrected chi connectivity index (χ0v) is 18.3. The van der Waals surface area contributed by atoms with Crippen molar-refractivity contribution in [3.8, 4) is 17.1 Å². The Hall–Kier alpha value is -3.78. The molecule has 3 aromatic carbocycles. The van der Waals surface area contributed by atoms with Crippen molar-refractivity contribution in [2.75, 3.05) is 0 Å². The Morgan fingerprint density at radius 2 is 1.79 bits per heavy atom. The van der Waals surface area contributed by atoms with E-state index >= 15 is 0 Å². The summed E-state index contributed by atoms with van der Waals surface area (Å²) in [6.45, 7) is 1.92. The first-order valence-corrected chi connectivity index (χ1v) is 11.1. The summed E-state index contributed by atoms with van der Waals surface area (Å²) in [6, 6.07) is 19.7. The van der Waals surface area contributed by atoms with E-state index in [1.165, 1.54) is 30.0 Å². The lowest BCUT2D eigenvalue weighted by molar-refractivity contribution is 0.559. The van der Waals surface area contributed by atoms with E-state index in [0.29, 0.717) is 22.3 Å². The van der Waals surface area contributed by atoms with Gasteiger partial charge in [-0.3, -0.25) is 4.57 Å². The summed E-state index contributed by atoms with van der Waals surface area (Å²) in [7, 11) is 0. The molecular formula is C25H17F2N3O2S. The molecule has 0 saturated heterocycles. The molecule has 0 aliphatic rings. The maximum atomic E-state index is 14.8. The molecule has 0 radical (unpaired) electrons. The Morgan fingerprint density at radius 3 is 2.58 bits per heavy atom. The van der Waals surface area contributed by atoms with Crippen LogP contribution >= 0.6 is 11.8 Å². The zero-order valence-electron chi connectivity index (χ0n) is 17.5. The molecule has 0 saturated carbocycles. The summed E-state index contributed by atoms with van der Waals surface area (Å²) >= 11 is 1.30. The Kier molecular flexibility index (Phi) is 5.51. The van der Waals surface area contributed by atoms with Crippen molar-refractivity contribution < 1.29 is 13.2 Å². The largest absolute Gasteiger partial charge is 0.423 e. The van der Waals surface area contributed by atoms with Crippen LogP contribution in [0, 0.1) is 18.6 Å². The number of hydrogen-bond acceptors (Lipinski definition) is 5. The number of thioether (sulfide) groups is 1. The monoisotopic (exact) mass is 461 g/mol. The Morgan fingerprint density at radius 1 is 0.970 bits per heavy atom. The van der Waals surface area contributed by atoms with E-state index in [-0.39, 0.29) is 5.69 Å². The smallest absolute Gasteiger partial charge is 0.336 e. The van der Waals surface area contributed by atoms with E-state index in [2.05, 4.69) is 10.2 Å². The molecule has 0 amide bonds. The van der Waals surface area contributed by atoms with E-state index in [4.69, 9.17) is 4.42 Å². The minimum atomic E-state index is -0.727. The first kappa shape index (κ1) is 21.1. The van der Waals surface area contributed by atoms with Crippen molar-refractivity contribution in [3.63, 3.8) is 0 Å². The molecule has 2 heterocycles. The zero-order chi connectivity index (χ0) is 22.9. The van der Waals surface area contributed by atoms with Gasteiger partial charge < -0.3 is 4.42 Å². The standard InChI is InChI=1S/C25H17F2N3O2S/c1-15-7-9-19-17(12-23(31)32-22(19)11-15)14-33-25-29-28-24(16-5-3-2-4-6-16)30(25)21-10-8-18(26)13-20(21)27/h2-13H,14H2,1H3. The van der Waals surface area contributed by atoms with Crippen LogP contribution in [-0.4, -0.2) is 14.8 Å². The second-order valence-corrected chi connectivity index (χ2v) is 8.42. The Balaban J connectivity index is 1.59. The second kappa shape index (κ2) is 8.63. The van der Waals surface area contributed by atoms with Gasteiger partial charge in [-0.1, -0.05) is 54.2 Å². The summed E-state index contributed by atoms with van der Waals surface area (Å²) in [6.07, 6.45) is 0. The molecule has 164 valence electrons. The number of aromatic nitrogens is 3. The fourth-order valence-electron chi connectivity index (χ4n) is 3.62. The molecule has 8 heteroatoms. The van der Waals surface area contributed by atoms with Gasteiger partial charge in [0.1, 0.15) is 17.2 Å². The molecule has 33 heavy (non-hydrogen) atoms. The van der Waals surface area contributed by atoms with Gasteiger partial charge in [-0.2, -0.15) is 0 Å². The van der Waals surface area contributed by atoms with Crippen LogP contribution in [0.4, 0.5) is 8.78 Å².